The van der Waals surface area contributed by atoms with Gasteiger partial charge in [0.25, 0.3) is 0 Å². The Balaban J connectivity index is 1.73. The zero-order valence-electron chi connectivity index (χ0n) is 13.5. The Bertz CT molecular complexity index is 933. The number of nitrogens with one attached hydrogen (secondary N) is 1. The van der Waals surface area contributed by atoms with Crippen molar-refractivity contribution in [1.82, 2.24) is 19.3 Å². The van der Waals surface area contributed by atoms with Gasteiger partial charge in [0.2, 0.25) is 10.0 Å². The number of aryl methyl sites for hydroxylation is 2. The van der Waals surface area contributed by atoms with E-state index < -0.39 is 10.0 Å². The summed E-state index contributed by atoms with van der Waals surface area (Å²) in [6.07, 6.45) is 6.78. The Hall–Kier alpha value is -2.51. The summed E-state index contributed by atoms with van der Waals surface area (Å²) in [5.41, 5.74) is 2.55. The summed E-state index contributed by atoms with van der Waals surface area (Å²) in [6, 6.07) is 8.95. The molecule has 3 rings (SSSR count). The number of nitrogens with zero attached hydrogens (tertiary/aromatic N) is 3. The smallest absolute Gasteiger partial charge is 0.241 e. The third-order valence-electron chi connectivity index (χ3n) is 3.66. The molecule has 0 saturated carbocycles. The largest absolute Gasteiger partial charge is 0.291 e. The van der Waals surface area contributed by atoms with Crippen molar-refractivity contribution in [3.05, 3.63) is 71.9 Å². The summed E-state index contributed by atoms with van der Waals surface area (Å²) in [5, 5.41) is 0. The normalized spacial score (nSPS) is 11.6. The zero-order chi connectivity index (χ0) is 17.2. The Morgan fingerprint density at radius 2 is 2.00 bits per heavy atom. The lowest BCUT2D eigenvalue weighted by Crippen LogP contribution is -2.24. The van der Waals surface area contributed by atoms with Gasteiger partial charge in [-0.25, -0.2) is 23.1 Å². The maximum atomic E-state index is 12.4. The lowest BCUT2D eigenvalue weighted by Gasteiger charge is -2.10. The molecule has 0 spiro atoms. The number of benzene rings is 1. The molecule has 2 heterocycles. The van der Waals surface area contributed by atoms with E-state index in [9.17, 15) is 8.42 Å². The first-order chi connectivity index (χ1) is 11.5. The van der Waals surface area contributed by atoms with Gasteiger partial charge in [-0.2, -0.15) is 0 Å². The Labute approximate surface area is 141 Å². The van der Waals surface area contributed by atoms with Crippen LogP contribution in [0.2, 0.25) is 0 Å². The summed E-state index contributed by atoms with van der Waals surface area (Å²) >= 11 is 0. The molecule has 3 aromatic rings. The number of aromatic nitrogens is 3. The van der Waals surface area contributed by atoms with Crippen molar-refractivity contribution in [2.24, 2.45) is 0 Å². The van der Waals surface area contributed by atoms with E-state index >= 15 is 0 Å². The predicted octanol–water partition coefficient (Wildman–Crippen LogP) is 2.36. The second-order valence-corrected chi connectivity index (χ2v) is 7.32. The number of imidazole rings is 1. The lowest BCUT2D eigenvalue weighted by atomic mass is 10.2. The monoisotopic (exact) mass is 342 g/mol. The standard InChI is InChI=1S/C17H18N4O2S/c1-13-3-5-16(14(2)9-13)24(22,23)20-11-15-4-6-17(19-10-15)21-8-7-18-12-21/h3-10,12,20H,11H2,1-2H3. The van der Waals surface area contributed by atoms with Gasteiger partial charge < -0.3 is 0 Å². The van der Waals surface area contributed by atoms with Crippen LogP contribution in [-0.4, -0.2) is 23.0 Å². The van der Waals surface area contributed by atoms with Gasteiger partial charge >= 0.3 is 0 Å². The summed E-state index contributed by atoms with van der Waals surface area (Å²) in [5.74, 6) is 0.730. The average molecular weight is 342 g/mol. The van der Waals surface area contributed by atoms with Gasteiger partial charge in [-0.1, -0.05) is 23.8 Å². The summed E-state index contributed by atoms with van der Waals surface area (Å²) < 4.78 is 29.3. The first-order valence-electron chi connectivity index (χ1n) is 7.46. The topological polar surface area (TPSA) is 76.9 Å². The van der Waals surface area contributed by atoms with Gasteiger partial charge in [-0.15, -0.1) is 0 Å². The third kappa shape index (κ3) is 3.52. The first kappa shape index (κ1) is 16.4. The van der Waals surface area contributed by atoms with Crippen LogP contribution in [0.1, 0.15) is 16.7 Å². The van der Waals surface area contributed by atoms with Gasteiger partial charge in [0.1, 0.15) is 12.1 Å². The van der Waals surface area contributed by atoms with Crippen LogP contribution >= 0.6 is 0 Å². The Kier molecular flexibility index (Phi) is 4.46. The van der Waals surface area contributed by atoms with E-state index in [1.165, 1.54) is 0 Å². The van der Waals surface area contributed by atoms with Crippen LogP contribution in [0.25, 0.3) is 5.82 Å². The molecular weight excluding hydrogens is 324 g/mol. The molecule has 0 aliphatic rings. The minimum absolute atomic E-state index is 0.187. The van der Waals surface area contributed by atoms with Crippen molar-refractivity contribution in [2.45, 2.75) is 25.3 Å². The molecule has 2 aromatic heterocycles. The van der Waals surface area contributed by atoms with Crippen LogP contribution in [0, 0.1) is 13.8 Å². The molecule has 0 saturated heterocycles. The summed E-state index contributed by atoms with van der Waals surface area (Å²) in [7, 11) is -3.55. The van der Waals surface area contributed by atoms with Crippen molar-refractivity contribution in [2.75, 3.05) is 0 Å². The number of hydrogen-bond acceptors (Lipinski definition) is 4. The van der Waals surface area contributed by atoms with E-state index in [4.69, 9.17) is 0 Å². The highest BCUT2D eigenvalue weighted by Crippen LogP contribution is 2.16. The maximum Gasteiger partial charge on any atom is 0.241 e. The minimum atomic E-state index is -3.55. The molecule has 0 unspecified atom stereocenters. The van der Waals surface area contributed by atoms with Crippen LogP contribution in [0.15, 0.2) is 60.1 Å². The van der Waals surface area contributed by atoms with E-state index in [1.807, 2.05) is 25.1 Å². The van der Waals surface area contributed by atoms with Crippen LogP contribution < -0.4 is 4.72 Å². The van der Waals surface area contributed by atoms with E-state index in [-0.39, 0.29) is 6.54 Å². The van der Waals surface area contributed by atoms with Crippen molar-refractivity contribution < 1.29 is 8.42 Å². The Morgan fingerprint density at radius 1 is 1.17 bits per heavy atom. The van der Waals surface area contributed by atoms with Crippen molar-refractivity contribution in [3.63, 3.8) is 0 Å². The Morgan fingerprint density at radius 3 is 2.62 bits per heavy atom. The molecule has 0 aliphatic heterocycles. The third-order valence-corrected chi connectivity index (χ3v) is 5.23. The van der Waals surface area contributed by atoms with Gasteiger partial charge in [0.05, 0.1) is 4.90 Å². The van der Waals surface area contributed by atoms with E-state index in [0.717, 1.165) is 22.5 Å². The molecule has 0 aliphatic carbocycles. The van der Waals surface area contributed by atoms with Crippen LogP contribution in [0.4, 0.5) is 0 Å². The van der Waals surface area contributed by atoms with Gasteiger partial charge in [0.15, 0.2) is 0 Å². The number of pyridine rings is 1. The zero-order valence-corrected chi connectivity index (χ0v) is 14.3. The van der Waals surface area contributed by atoms with Crippen LogP contribution in [0.3, 0.4) is 0 Å². The molecule has 0 fully saturated rings. The van der Waals surface area contributed by atoms with Crippen molar-refractivity contribution >= 4 is 10.0 Å². The molecule has 0 radical (unpaired) electrons. The molecule has 0 atom stereocenters. The molecule has 6 nitrogen and oxygen atoms in total. The molecule has 1 aromatic carbocycles. The highest BCUT2D eigenvalue weighted by atomic mass is 32.2. The molecule has 24 heavy (non-hydrogen) atoms. The van der Waals surface area contributed by atoms with E-state index in [2.05, 4.69) is 14.7 Å². The van der Waals surface area contributed by atoms with Gasteiger partial charge in [-0.3, -0.25) is 4.57 Å². The van der Waals surface area contributed by atoms with Crippen LogP contribution in [0.5, 0.6) is 0 Å². The second-order valence-electron chi connectivity index (χ2n) is 5.59. The fourth-order valence-corrected chi connectivity index (χ4v) is 3.67. The van der Waals surface area contributed by atoms with Gasteiger partial charge in [-0.05, 0) is 37.1 Å². The highest BCUT2D eigenvalue weighted by Gasteiger charge is 2.16. The molecule has 124 valence electrons. The molecule has 0 amide bonds. The molecular formula is C17H18N4O2S. The lowest BCUT2D eigenvalue weighted by molar-refractivity contribution is 0.580. The first-order valence-corrected chi connectivity index (χ1v) is 8.94. The maximum absolute atomic E-state index is 12.4. The van der Waals surface area contributed by atoms with E-state index in [1.54, 1.807) is 48.5 Å². The highest BCUT2D eigenvalue weighted by molar-refractivity contribution is 7.89. The van der Waals surface area contributed by atoms with Crippen LogP contribution in [-0.2, 0) is 16.6 Å². The van der Waals surface area contributed by atoms with Crippen molar-refractivity contribution in [1.29, 1.82) is 0 Å². The predicted molar refractivity (Wildman–Crippen MR) is 91.3 cm³/mol. The fourth-order valence-electron chi connectivity index (χ4n) is 2.43. The second kappa shape index (κ2) is 6.54. The average Bonchev–Trinajstić information content (AvgIpc) is 3.07. The number of sulfonamides is 1. The number of rotatable bonds is 5. The fraction of sp³-hybridized carbons (Fsp3) is 0.176. The number of hydrogen-bond donors (Lipinski definition) is 1. The molecule has 1 N–H and O–H groups in total. The molecule has 7 heteroatoms. The minimum Gasteiger partial charge on any atom is -0.291 e. The van der Waals surface area contributed by atoms with E-state index in [0.29, 0.717) is 4.90 Å². The summed E-state index contributed by atoms with van der Waals surface area (Å²) in [6.45, 7) is 3.92. The SMILES string of the molecule is Cc1ccc(S(=O)(=O)NCc2ccc(-n3ccnc3)nc2)c(C)c1. The quantitative estimate of drug-likeness (QED) is 0.772. The van der Waals surface area contributed by atoms with Gasteiger partial charge in [0, 0.05) is 25.1 Å². The summed E-state index contributed by atoms with van der Waals surface area (Å²) in [4.78, 5) is 8.58. The van der Waals surface area contributed by atoms with Crippen molar-refractivity contribution in [3.8, 4) is 5.82 Å². The molecule has 0 bridgehead atoms.